The molecule has 20 heavy (non-hydrogen) atoms. The van der Waals surface area contributed by atoms with Gasteiger partial charge in [0, 0.05) is 16.5 Å². The molecule has 0 spiro atoms. The SMILES string of the molecule is CCC(CC)(CO)c1csc(Nc2ccc(C)cc2)n1. The summed E-state index contributed by atoms with van der Waals surface area (Å²) in [6.07, 6.45) is 1.79. The van der Waals surface area contributed by atoms with E-state index in [9.17, 15) is 5.11 Å². The Morgan fingerprint density at radius 1 is 1.20 bits per heavy atom. The molecule has 0 atom stereocenters. The summed E-state index contributed by atoms with van der Waals surface area (Å²) in [7, 11) is 0. The third-order valence-electron chi connectivity index (χ3n) is 4.01. The molecule has 0 saturated carbocycles. The van der Waals surface area contributed by atoms with E-state index < -0.39 is 0 Å². The number of aromatic nitrogens is 1. The molecule has 0 amide bonds. The highest BCUT2D eigenvalue weighted by Crippen LogP contribution is 2.34. The zero-order chi connectivity index (χ0) is 14.6. The van der Waals surface area contributed by atoms with Crippen molar-refractivity contribution in [2.45, 2.75) is 39.0 Å². The van der Waals surface area contributed by atoms with Gasteiger partial charge in [0.15, 0.2) is 5.13 Å². The zero-order valence-corrected chi connectivity index (χ0v) is 13.1. The van der Waals surface area contributed by atoms with Gasteiger partial charge >= 0.3 is 0 Å². The zero-order valence-electron chi connectivity index (χ0n) is 12.3. The van der Waals surface area contributed by atoms with E-state index in [1.165, 1.54) is 5.56 Å². The van der Waals surface area contributed by atoms with Crippen molar-refractivity contribution in [3.05, 3.63) is 40.9 Å². The van der Waals surface area contributed by atoms with Crippen LogP contribution in [0.15, 0.2) is 29.6 Å². The number of aryl methyl sites for hydroxylation is 1. The van der Waals surface area contributed by atoms with E-state index in [1.807, 2.05) is 0 Å². The number of hydrogen-bond acceptors (Lipinski definition) is 4. The molecule has 3 nitrogen and oxygen atoms in total. The van der Waals surface area contributed by atoms with Crippen LogP contribution in [0.4, 0.5) is 10.8 Å². The summed E-state index contributed by atoms with van der Waals surface area (Å²) >= 11 is 1.59. The number of anilines is 2. The molecule has 4 heteroatoms. The van der Waals surface area contributed by atoms with Gasteiger partial charge in [-0.2, -0.15) is 0 Å². The monoisotopic (exact) mass is 290 g/mol. The second kappa shape index (κ2) is 6.37. The molecule has 0 aliphatic heterocycles. The van der Waals surface area contributed by atoms with Crippen molar-refractivity contribution in [3.63, 3.8) is 0 Å². The fourth-order valence-electron chi connectivity index (χ4n) is 2.25. The Morgan fingerprint density at radius 2 is 1.85 bits per heavy atom. The molecular formula is C16H22N2OS. The van der Waals surface area contributed by atoms with Gasteiger partial charge in [0.1, 0.15) is 0 Å². The molecule has 0 aliphatic carbocycles. The molecular weight excluding hydrogens is 268 g/mol. The number of benzene rings is 1. The second-order valence-corrected chi connectivity index (χ2v) is 6.03. The first-order valence-corrected chi connectivity index (χ1v) is 7.92. The van der Waals surface area contributed by atoms with Crippen molar-refractivity contribution in [3.8, 4) is 0 Å². The Balaban J connectivity index is 2.18. The van der Waals surface area contributed by atoms with Crippen molar-refractivity contribution in [2.24, 2.45) is 0 Å². The molecule has 0 bridgehead atoms. The first-order chi connectivity index (χ1) is 9.63. The summed E-state index contributed by atoms with van der Waals surface area (Å²) in [5, 5.41) is 16.0. The molecule has 1 heterocycles. The summed E-state index contributed by atoms with van der Waals surface area (Å²) in [5.41, 5.74) is 3.07. The third-order valence-corrected chi connectivity index (χ3v) is 4.76. The van der Waals surface area contributed by atoms with Crippen LogP contribution in [0, 0.1) is 6.92 Å². The van der Waals surface area contributed by atoms with E-state index in [4.69, 9.17) is 0 Å². The van der Waals surface area contributed by atoms with Gasteiger partial charge in [-0.05, 0) is 31.9 Å². The lowest BCUT2D eigenvalue weighted by atomic mass is 9.81. The number of aliphatic hydroxyl groups excluding tert-OH is 1. The van der Waals surface area contributed by atoms with Crippen LogP contribution in [-0.4, -0.2) is 16.7 Å². The topological polar surface area (TPSA) is 45.1 Å². The quantitative estimate of drug-likeness (QED) is 0.836. The first-order valence-electron chi connectivity index (χ1n) is 7.04. The predicted molar refractivity (Wildman–Crippen MR) is 85.9 cm³/mol. The highest BCUT2D eigenvalue weighted by atomic mass is 32.1. The molecule has 2 aromatic rings. The van der Waals surface area contributed by atoms with Crippen LogP contribution >= 0.6 is 11.3 Å². The summed E-state index contributed by atoms with van der Waals surface area (Å²) in [6, 6.07) is 8.25. The van der Waals surface area contributed by atoms with Crippen LogP contribution in [0.1, 0.15) is 37.9 Å². The molecule has 1 aromatic carbocycles. The number of nitrogens with zero attached hydrogens (tertiary/aromatic N) is 1. The van der Waals surface area contributed by atoms with Crippen LogP contribution < -0.4 is 5.32 Å². The molecule has 108 valence electrons. The van der Waals surface area contributed by atoms with Gasteiger partial charge in [-0.3, -0.25) is 0 Å². The van der Waals surface area contributed by atoms with E-state index >= 15 is 0 Å². The molecule has 0 unspecified atom stereocenters. The van der Waals surface area contributed by atoms with Crippen LogP contribution in [0.3, 0.4) is 0 Å². The van der Waals surface area contributed by atoms with Crippen molar-refractivity contribution < 1.29 is 5.11 Å². The van der Waals surface area contributed by atoms with E-state index in [1.54, 1.807) is 11.3 Å². The normalized spacial score (nSPS) is 11.6. The lowest BCUT2D eigenvalue weighted by Crippen LogP contribution is -2.29. The van der Waals surface area contributed by atoms with Crippen molar-refractivity contribution in [1.29, 1.82) is 0 Å². The van der Waals surface area contributed by atoms with Crippen molar-refractivity contribution in [1.82, 2.24) is 4.98 Å². The molecule has 0 radical (unpaired) electrons. The molecule has 0 saturated heterocycles. The van der Waals surface area contributed by atoms with E-state index in [-0.39, 0.29) is 12.0 Å². The fourth-order valence-corrected chi connectivity index (χ4v) is 3.11. The largest absolute Gasteiger partial charge is 0.395 e. The third kappa shape index (κ3) is 3.02. The predicted octanol–water partition coefficient (Wildman–Crippen LogP) is 4.25. The Kier molecular flexibility index (Phi) is 4.78. The Hall–Kier alpha value is -1.39. The summed E-state index contributed by atoms with van der Waals surface area (Å²) in [6.45, 7) is 6.43. The highest BCUT2D eigenvalue weighted by molar-refractivity contribution is 7.13. The lowest BCUT2D eigenvalue weighted by molar-refractivity contribution is 0.180. The Labute approximate surface area is 124 Å². The molecule has 0 aliphatic rings. The van der Waals surface area contributed by atoms with Gasteiger partial charge in [0.25, 0.3) is 0 Å². The smallest absolute Gasteiger partial charge is 0.187 e. The second-order valence-electron chi connectivity index (χ2n) is 5.17. The van der Waals surface area contributed by atoms with Gasteiger partial charge in [0.05, 0.1) is 12.3 Å². The van der Waals surface area contributed by atoms with Gasteiger partial charge in [-0.25, -0.2) is 4.98 Å². The summed E-state index contributed by atoms with van der Waals surface area (Å²) in [5.74, 6) is 0. The van der Waals surface area contributed by atoms with Crippen LogP contribution in [-0.2, 0) is 5.41 Å². The Bertz CT molecular complexity index is 536. The average molecular weight is 290 g/mol. The molecule has 2 rings (SSSR count). The first kappa shape index (κ1) is 15.0. The summed E-state index contributed by atoms with van der Waals surface area (Å²) in [4.78, 5) is 4.66. The van der Waals surface area contributed by atoms with Crippen LogP contribution in [0.2, 0.25) is 0 Å². The molecule has 1 aromatic heterocycles. The maximum Gasteiger partial charge on any atom is 0.187 e. The fraction of sp³-hybridized carbons (Fsp3) is 0.438. The minimum absolute atomic E-state index is 0.147. The van der Waals surface area contributed by atoms with Crippen LogP contribution in [0.5, 0.6) is 0 Å². The number of rotatable bonds is 6. The van der Waals surface area contributed by atoms with E-state index in [0.717, 1.165) is 29.4 Å². The summed E-state index contributed by atoms with van der Waals surface area (Å²) < 4.78 is 0. The van der Waals surface area contributed by atoms with Gasteiger partial charge < -0.3 is 10.4 Å². The van der Waals surface area contributed by atoms with E-state index in [0.29, 0.717) is 0 Å². The van der Waals surface area contributed by atoms with Gasteiger partial charge in [-0.1, -0.05) is 31.5 Å². The van der Waals surface area contributed by atoms with Crippen molar-refractivity contribution >= 4 is 22.2 Å². The standard InChI is InChI=1S/C16H22N2OS/c1-4-16(5-2,11-19)14-10-20-15(18-14)17-13-8-6-12(3)7-9-13/h6-10,19H,4-5,11H2,1-3H3,(H,17,18). The Morgan fingerprint density at radius 3 is 2.40 bits per heavy atom. The van der Waals surface area contributed by atoms with E-state index in [2.05, 4.69) is 60.7 Å². The van der Waals surface area contributed by atoms with Crippen LogP contribution in [0.25, 0.3) is 0 Å². The minimum atomic E-state index is -0.205. The van der Waals surface area contributed by atoms with Gasteiger partial charge in [0.2, 0.25) is 0 Å². The number of aliphatic hydroxyl groups is 1. The molecule has 2 N–H and O–H groups in total. The average Bonchev–Trinajstić information content (AvgIpc) is 2.93. The molecule has 0 fully saturated rings. The maximum atomic E-state index is 9.70. The minimum Gasteiger partial charge on any atom is -0.395 e. The number of nitrogens with one attached hydrogen (secondary N) is 1. The maximum absolute atomic E-state index is 9.70. The lowest BCUT2D eigenvalue weighted by Gasteiger charge is -2.27. The number of thiazole rings is 1. The number of hydrogen-bond donors (Lipinski definition) is 2. The highest BCUT2D eigenvalue weighted by Gasteiger charge is 2.30. The van der Waals surface area contributed by atoms with Gasteiger partial charge in [-0.15, -0.1) is 11.3 Å². The van der Waals surface area contributed by atoms with Crippen molar-refractivity contribution in [2.75, 3.05) is 11.9 Å².